The molecule has 1 unspecified atom stereocenters. The summed E-state index contributed by atoms with van der Waals surface area (Å²) in [4.78, 5) is 4.16. The Morgan fingerprint density at radius 3 is 2.52 bits per heavy atom. The standard InChI is InChI=1S/C18H21F2N3/c1-13(14-6-4-3-5-7-14)23-18(21-2)22-11-10-15-8-9-16(19)12-17(15)20/h3-9,12-13H,10-11H2,1-2H3,(H2,21,22,23). The molecule has 1 atom stereocenters. The third-order valence-corrected chi connectivity index (χ3v) is 3.58. The third kappa shape index (κ3) is 5.06. The summed E-state index contributed by atoms with van der Waals surface area (Å²) in [7, 11) is 1.69. The van der Waals surface area contributed by atoms with Crippen LogP contribution in [0.4, 0.5) is 8.78 Å². The SMILES string of the molecule is CN=C(NCCc1ccc(F)cc1F)NC(C)c1ccccc1. The fourth-order valence-corrected chi connectivity index (χ4v) is 2.26. The maximum Gasteiger partial charge on any atom is 0.191 e. The van der Waals surface area contributed by atoms with Crippen molar-refractivity contribution < 1.29 is 8.78 Å². The molecule has 0 aliphatic rings. The minimum atomic E-state index is -0.562. The molecule has 0 aromatic heterocycles. The molecule has 0 spiro atoms. The molecule has 0 heterocycles. The normalized spacial score (nSPS) is 12.8. The molecule has 3 nitrogen and oxygen atoms in total. The molecule has 122 valence electrons. The minimum Gasteiger partial charge on any atom is -0.356 e. The summed E-state index contributed by atoms with van der Waals surface area (Å²) >= 11 is 0. The lowest BCUT2D eigenvalue weighted by Crippen LogP contribution is -2.39. The molecule has 0 amide bonds. The van der Waals surface area contributed by atoms with E-state index in [9.17, 15) is 8.78 Å². The second-order valence-corrected chi connectivity index (χ2v) is 5.26. The second-order valence-electron chi connectivity index (χ2n) is 5.26. The Morgan fingerprint density at radius 1 is 1.13 bits per heavy atom. The number of rotatable bonds is 5. The van der Waals surface area contributed by atoms with Gasteiger partial charge in [0.15, 0.2) is 5.96 Å². The van der Waals surface area contributed by atoms with Crippen LogP contribution in [0, 0.1) is 11.6 Å². The number of nitrogens with one attached hydrogen (secondary N) is 2. The molecule has 23 heavy (non-hydrogen) atoms. The van der Waals surface area contributed by atoms with E-state index in [4.69, 9.17) is 0 Å². The Balaban J connectivity index is 1.86. The third-order valence-electron chi connectivity index (χ3n) is 3.58. The van der Waals surface area contributed by atoms with Gasteiger partial charge in [0.25, 0.3) is 0 Å². The summed E-state index contributed by atoms with van der Waals surface area (Å²) < 4.78 is 26.4. The van der Waals surface area contributed by atoms with Crippen molar-refractivity contribution in [2.75, 3.05) is 13.6 Å². The Labute approximate surface area is 135 Å². The zero-order chi connectivity index (χ0) is 16.7. The highest BCUT2D eigenvalue weighted by atomic mass is 19.1. The number of nitrogens with zero attached hydrogens (tertiary/aromatic N) is 1. The van der Waals surface area contributed by atoms with E-state index in [0.29, 0.717) is 24.5 Å². The number of hydrogen-bond donors (Lipinski definition) is 2. The van der Waals surface area contributed by atoms with E-state index in [1.54, 1.807) is 7.05 Å². The summed E-state index contributed by atoms with van der Waals surface area (Å²) in [5, 5.41) is 6.42. The van der Waals surface area contributed by atoms with E-state index in [-0.39, 0.29) is 6.04 Å². The summed E-state index contributed by atoms with van der Waals surface area (Å²) in [6.07, 6.45) is 0.451. The Morgan fingerprint density at radius 2 is 1.87 bits per heavy atom. The monoisotopic (exact) mass is 317 g/mol. The van der Waals surface area contributed by atoms with E-state index < -0.39 is 11.6 Å². The van der Waals surface area contributed by atoms with Gasteiger partial charge >= 0.3 is 0 Å². The van der Waals surface area contributed by atoms with Gasteiger partial charge in [-0.2, -0.15) is 0 Å². The van der Waals surface area contributed by atoms with E-state index in [2.05, 4.69) is 15.6 Å². The van der Waals surface area contributed by atoms with E-state index in [1.165, 1.54) is 12.1 Å². The number of benzene rings is 2. The van der Waals surface area contributed by atoms with Gasteiger partial charge in [0.2, 0.25) is 0 Å². The van der Waals surface area contributed by atoms with Crippen LogP contribution in [0.2, 0.25) is 0 Å². The largest absolute Gasteiger partial charge is 0.356 e. The molecular formula is C18H21F2N3. The lowest BCUT2D eigenvalue weighted by atomic mass is 10.1. The number of halogens is 2. The van der Waals surface area contributed by atoms with Crippen LogP contribution in [-0.2, 0) is 6.42 Å². The molecule has 0 radical (unpaired) electrons. The van der Waals surface area contributed by atoms with E-state index >= 15 is 0 Å². The summed E-state index contributed by atoms with van der Waals surface area (Å²) in [6, 6.07) is 13.8. The van der Waals surface area contributed by atoms with Crippen molar-refractivity contribution in [3.05, 3.63) is 71.3 Å². The van der Waals surface area contributed by atoms with Crippen molar-refractivity contribution in [1.82, 2.24) is 10.6 Å². The van der Waals surface area contributed by atoms with Gasteiger partial charge < -0.3 is 10.6 Å². The quantitative estimate of drug-likeness (QED) is 0.655. The Hall–Kier alpha value is -2.43. The maximum absolute atomic E-state index is 13.6. The first-order valence-corrected chi connectivity index (χ1v) is 7.56. The highest BCUT2D eigenvalue weighted by molar-refractivity contribution is 5.80. The van der Waals surface area contributed by atoms with Crippen LogP contribution < -0.4 is 10.6 Å². The molecule has 2 N–H and O–H groups in total. The zero-order valence-corrected chi connectivity index (χ0v) is 13.3. The molecule has 2 aromatic rings. The van der Waals surface area contributed by atoms with Crippen molar-refractivity contribution in [2.24, 2.45) is 4.99 Å². The second kappa shape index (κ2) is 8.27. The predicted molar refractivity (Wildman–Crippen MR) is 89.4 cm³/mol. The molecule has 0 fully saturated rings. The first-order valence-electron chi connectivity index (χ1n) is 7.56. The van der Waals surface area contributed by atoms with Crippen LogP contribution >= 0.6 is 0 Å². The smallest absolute Gasteiger partial charge is 0.191 e. The first-order chi connectivity index (χ1) is 11.1. The minimum absolute atomic E-state index is 0.102. The van der Waals surface area contributed by atoms with Crippen molar-refractivity contribution >= 4 is 5.96 Å². The van der Waals surface area contributed by atoms with Crippen LogP contribution in [0.25, 0.3) is 0 Å². The van der Waals surface area contributed by atoms with Crippen molar-refractivity contribution in [3.8, 4) is 0 Å². The van der Waals surface area contributed by atoms with E-state index in [1.807, 2.05) is 37.3 Å². The van der Waals surface area contributed by atoms with Crippen LogP contribution in [0.15, 0.2) is 53.5 Å². The van der Waals surface area contributed by atoms with Gasteiger partial charge in [-0.1, -0.05) is 36.4 Å². The average molecular weight is 317 g/mol. The van der Waals surface area contributed by atoms with Gasteiger partial charge in [-0.15, -0.1) is 0 Å². The van der Waals surface area contributed by atoms with E-state index in [0.717, 1.165) is 11.6 Å². The van der Waals surface area contributed by atoms with Gasteiger partial charge in [-0.3, -0.25) is 4.99 Å². The summed E-state index contributed by atoms with van der Waals surface area (Å²) in [5.41, 5.74) is 1.63. The molecule has 2 aromatic carbocycles. The van der Waals surface area contributed by atoms with Crippen LogP contribution in [-0.4, -0.2) is 19.6 Å². The van der Waals surface area contributed by atoms with Gasteiger partial charge in [0.1, 0.15) is 11.6 Å². The average Bonchev–Trinajstić information content (AvgIpc) is 2.56. The van der Waals surface area contributed by atoms with Crippen LogP contribution in [0.5, 0.6) is 0 Å². The van der Waals surface area contributed by atoms with Gasteiger partial charge in [0, 0.05) is 19.7 Å². The van der Waals surface area contributed by atoms with Gasteiger partial charge in [-0.25, -0.2) is 8.78 Å². The Bertz CT molecular complexity index is 657. The topological polar surface area (TPSA) is 36.4 Å². The molecule has 0 saturated heterocycles. The van der Waals surface area contributed by atoms with Crippen LogP contribution in [0.3, 0.4) is 0 Å². The summed E-state index contributed by atoms with van der Waals surface area (Å²) in [6.45, 7) is 2.55. The predicted octanol–water partition coefficient (Wildman–Crippen LogP) is 3.43. The number of guanidine groups is 1. The van der Waals surface area contributed by atoms with Gasteiger partial charge in [-0.05, 0) is 30.5 Å². The van der Waals surface area contributed by atoms with Gasteiger partial charge in [0.05, 0.1) is 6.04 Å². The number of aliphatic imine (C=N–C) groups is 1. The Kier molecular flexibility index (Phi) is 6.09. The molecule has 0 saturated carbocycles. The van der Waals surface area contributed by atoms with Crippen molar-refractivity contribution in [1.29, 1.82) is 0 Å². The highest BCUT2D eigenvalue weighted by Crippen LogP contribution is 2.11. The molecule has 0 bridgehead atoms. The lowest BCUT2D eigenvalue weighted by molar-refractivity contribution is 0.570. The zero-order valence-electron chi connectivity index (χ0n) is 13.3. The fraction of sp³-hybridized carbons (Fsp3) is 0.278. The molecule has 2 rings (SSSR count). The summed E-state index contributed by atoms with van der Waals surface area (Å²) in [5.74, 6) is -0.440. The highest BCUT2D eigenvalue weighted by Gasteiger charge is 2.08. The maximum atomic E-state index is 13.6. The van der Waals surface area contributed by atoms with Crippen LogP contribution in [0.1, 0.15) is 24.1 Å². The molecule has 0 aliphatic carbocycles. The van der Waals surface area contributed by atoms with Crippen molar-refractivity contribution in [3.63, 3.8) is 0 Å². The first kappa shape index (κ1) is 16.9. The molecule has 0 aliphatic heterocycles. The fourth-order valence-electron chi connectivity index (χ4n) is 2.26. The molecular weight excluding hydrogens is 296 g/mol. The molecule has 5 heteroatoms. The number of hydrogen-bond acceptors (Lipinski definition) is 1. The lowest BCUT2D eigenvalue weighted by Gasteiger charge is -2.18. The van der Waals surface area contributed by atoms with Crippen molar-refractivity contribution in [2.45, 2.75) is 19.4 Å².